The van der Waals surface area contributed by atoms with Gasteiger partial charge < -0.3 is 15.8 Å². The van der Waals surface area contributed by atoms with Crippen LogP contribution in [0.15, 0.2) is 10.3 Å². The molecular formula is C9H14N4O6S2. The smallest absolute Gasteiger partial charge is 0.404 e. The molecule has 0 aliphatic heterocycles. The molecule has 0 fully saturated rings. The van der Waals surface area contributed by atoms with Gasteiger partial charge in [-0.05, 0) is 6.92 Å². The van der Waals surface area contributed by atoms with E-state index in [0.717, 1.165) is 17.4 Å². The van der Waals surface area contributed by atoms with E-state index in [1.807, 2.05) is 0 Å². The second kappa shape index (κ2) is 7.19. The molecule has 0 saturated carbocycles. The summed E-state index contributed by atoms with van der Waals surface area (Å²) in [6.45, 7) is 1.73. The van der Waals surface area contributed by atoms with E-state index in [9.17, 15) is 23.3 Å². The minimum atomic E-state index is -3.92. The Morgan fingerprint density at radius 3 is 2.76 bits per heavy atom. The topological polar surface area (TPSA) is 154 Å². The Bertz CT molecular complexity index is 626. The van der Waals surface area contributed by atoms with Gasteiger partial charge in [-0.2, -0.15) is 0 Å². The summed E-state index contributed by atoms with van der Waals surface area (Å²) < 4.78 is 30.2. The first-order valence-electron chi connectivity index (χ1n) is 5.72. The highest BCUT2D eigenvalue weighted by atomic mass is 32.2. The summed E-state index contributed by atoms with van der Waals surface area (Å²) in [4.78, 5) is 20.5. The lowest BCUT2D eigenvalue weighted by Gasteiger charge is -2.04. The maximum atomic E-state index is 11.9. The van der Waals surface area contributed by atoms with Gasteiger partial charge in [0.05, 0.1) is 4.92 Å². The van der Waals surface area contributed by atoms with E-state index in [2.05, 4.69) is 14.8 Å². The van der Waals surface area contributed by atoms with Crippen LogP contribution < -0.4 is 15.8 Å². The average Bonchev–Trinajstić information content (AvgIpc) is 2.80. The maximum Gasteiger partial charge on any atom is 0.404 e. The number of hydrogen-bond acceptors (Lipinski definition) is 8. The summed E-state index contributed by atoms with van der Waals surface area (Å²) in [5.41, 5.74) is 4.41. The van der Waals surface area contributed by atoms with Crippen molar-refractivity contribution in [1.82, 2.24) is 4.72 Å². The van der Waals surface area contributed by atoms with Crippen LogP contribution in [0.4, 0.5) is 15.5 Å². The summed E-state index contributed by atoms with van der Waals surface area (Å²) in [5.74, 6) is 0. The standard InChI is InChI=1S/C9H14N4O6S2/c1-2-11-8-6(13(15)16)5-7(20-8)21(17,18)12-3-4-19-9(10)14/h5,11-12H,2-4H2,1H3,(H2,10,14). The van der Waals surface area contributed by atoms with Crippen LogP contribution in [0.5, 0.6) is 0 Å². The number of rotatable bonds is 8. The molecule has 0 atom stereocenters. The van der Waals surface area contributed by atoms with E-state index < -0.39 is 21.0 Å². The summed E-state index contributed by atoms with van der Waals surface area (Å²) in [7, 11) is -3.92. The molecule has 4 N–H and O–H groups in total. The number of amides is 1. The highest BCUT2D eigenvalue weighted by Gasteiger charge is 2.25. The molecule has 10 nitrogen and oxygen atoms in total. The monoisotopic (exact) mass is 338 g/mol. The van der Waals surface area contributed by atoms with Crippen LogP contribution in [-0.4, -0.2) is 39.1 Å². The van der Waals surface area contributed by atoms with Gasteiger partial charge in [0.2, 0.25) is 0 Å². The van der Waals surface area contributed by atoms with Gasteiger partial charge in [-0.3, -0.25) is 10.1 Å². The van der Waals surface area contributed by atoms with Crippen molar-refractivity contribution in [2.45, 2.75) is 11.1 Å². The first kappa shape index (κ1) is 17.1. The fourth-order valence-electron chi connectivity index (χ4n) is 1.31. The summed E-state index contributed by atoms with van der Waals surface area (Å²) in [6.07, 6.45) is -1.02. The summed E-state index contributed by atoms with van der Waals surface area (Å²) in [5, 5.41) is 13.8. The number of nitrogens with two attached hydrogens (primary N) is 1. The Hall–Kier alpha value is -1.92. The van der Waals surface area contributed by atoms with Crippen LogP contribution in [0.25, 0.3) is 0 Å². The zero-order valence-corrected chi connectivity index (χ0v) is 12.6. The molecule has 21 heavy (non-hydrogen) atoms. The van der Waals surface area contributed by atoms with Crippen LogP contribution >= 0.6 is 11.3 Å². The van der Waals surface area contributed by atoms with Crippen molar-refractivity contribution >= 4 is 38.1 Å². The van der Waals surface area contributed by atoms with Gasteiger partial charge in [0.25, 0.3) is 10.0 Å². The number of thiophene rings is 1. The molecular weight excluding hydrogens is 324 g/mol. The number of carbonyl (C=O) groups is 1. The highest BCUT2D eigenvalue weighted by Crippen LogP contribution is 2.36. The summed E-state index contributed by atoms with van der Waals surface area (Å²) in [6, 6.07) is 0.972. The fourth-order valence-corrected chi connectivity index (χ4v) is 3.77. The predicted molar refractivity (Wildman–Crippen MR) is 75.9 cm³/mol. The molecule has 0 aromatic carbocycles. The van der Waals surface area contributed by atoms with Crippen molar-refractivity contribution in [2.75, 3.05) is 25.0 Å². The van der Waals surface area contributed by atoms with E-state index in [1.54, 1.807) is 6.92 Å². The zero-order chi connectivity index (χ0) is 16.0. The molecule has 0 bridgehead atoms. The number of hydrogen-bond donors (Lipinski definition) is 3. The van der Waals surface area contributed by atoms with Crippen LogP contribution in [0.2, 0.25) is 0 Å². The number of nitrogens with zero attached hydrogens (tertiary/aromatic N) is 1. The van der Waals surface area contributed by atoms with Crippen molar-refractivity contribution in [3.63, 3.8) is 0 Å². The molecule has 1 aromatic heterocycles. The Morgan fingerprint density at radius 2 is 2.24 bits per heavy atom. The van der Waals surface area contributed by atoms with Crippen LogP contribution in [0.1, 0.15) is 6.92 Å². The molecule has 0 aliphatic carbocycles. The number of sulfonamides is 1. The lowest BCUT2D eigenvalue weighted by molar-refractivity contribution is -0.383. The van der Waals surface area contributed by atoms with Gasteiger partial charge in [0.1, 0.15) is 10.8 Å². The van der Waals surface area contributed by atoms with E-state index >= 15 is 0 Å². The second-order valence-electron chi connectivity index (χ2n) is 3.63. The number of ether oxygens (including phenoxy) is 1. The summed E-state index contributed by atoms with van der Waals surface area (Å²) >= 11 is 0.748. The number of carbonyl (C=O) groups excluding carboxylic acids is 1. The van der Waals surface area contributed by atoms with Crippen LogP contribution in [0, 0.1) is 10.1 Å². The van der Waals surface area contributed by atoms with E-state index in [1.165, 1.54) is 0 Å². The second-order valence-corrected chi connectivity index (χ2v) is 6.68. The van der Waals surface area contributed by atoms with Gasteiger partial charge in [-0.15, -0.1) is 0 Å². The molecule has 1 heterocycles. The maximum absolute atomic E-state index is 11.9. The molecule has 1 amide bonds. The SMILES string of the molecule is CCNc1sc(S(=O)(=O)NCCOC(N)=O)cc1[N+](=O)[O-]. The molecule has 0 aliphatic rings. The first-order valence-corrected chi connectivity index (χ1v) is 8.02. The molecule has 0 radical (unpaired) electrons. The zero-order valence-electron chi connectivity index (χ0n) is 11.0. The van der Waals surface area contributed by atoms with Crippen molar-refractivity contribution in [3.8, 4) is 0 Å². The predicted octanol–water partition coefficient (Wildman–Crippen LogP) is 0.462. The molecule has 0 spiro atoms. The van der Waals surface area contributed by atoms with Crippen molar-refractivity contribution < 1.29 is 22.9 Å². The average molecular weight is 338 g/mol. The quantitative estimate of drug-likeness (QED) is 0.353. The minimum Gasteiger partial charge on any atom is -0.448 e. The molecule has 0 unspecified atom stereocenters. The van der Waals surface area contributed by atoms with Crippen molar-refractivity contribution in [3.05, 3.63) is 16.2 Å². The van der Waals surface area contributed by atoms with E-state index in [4.69, 9.17) is 5.73 Å². The Kier molecular flexibility index (Phi) is 5.87. The Labute approximate surface area is 124 Å². The van der Waals surface area contributed by atoms with Crippen molar-refractivity contribution in [1.29, 1.82) is 0 Å². The Balaban J connectivity index is 2.85. The minimum absolute atomic E-state index is 0.163. The molecule has 12 heteroatoms. The normalized spacial score (nSPS) is 11.1. The molecule has 118 valence electrons. The van der Waals surface area contributed by atoms with Crippen LogP contribution in [-0.2, 0) is 14.8 Å². The lowest BCUT2D eigenvalue weighted by Crippen LogP contribution is -2.28. The molecule has 1 rings (SSSR count). The third kappa shape index (κ3) is 4.84. The van der Waals surface area contributed by atoms with Crippen molar-refractivity contribution in [2.24, 2.45) is 5.73 Å². The number of nitrogens with one attached hydrogen (secondary N) is 2. The van der Waals surface area contributed by atoms with Crippen LogP contribution in [0.3, 0.4) is 0 Å². The van der Waals surface area contributed by atoms with Gasteiger partial charge in [0, 0.05) is 19.2 Å². The van der Waals surface area contributed by atoms with Gasteiger partial charge in [-0.1, -0.05) is 11.3 Å². The van der Waals surface area contributed by atoms with Gasteiger partial charge >= 0.3 is 11.8 Å². The van der Waals surface area contributed by atoms with E-state index in [0.29, 0.717) is 6.54 Å². The number of anilines is 1. The largest absolute Gasteiger partial charge is 0.448 e. The molecule has 1 aromatic rings. The van der Waals surface area contributed by atoms with Gasteiger partial charge in [0.15, 0.2) is 5.00 Å². The van der Waals surface area contributed by atoms with Gasteiger partial charge in [-0.25, -0.2) is 17.9 Å². The number of primary amides is 1. The van der Waals surface area contributed by atoms with E-state index in [-0.39, 0.29) is 28.0 Å². The molecule has 0 saturated heterocycles. The first-order chi connectivity index (χ1) is 9.77. The Morgan fingerprint density at radius 1 is 1.57 bits per heavy atom. The third-order valence-electron chi connectivity index (χ3n) is 2.13. The fraction of sp³-hybridized carbons (Fsp3) is 0.444. The lowest BCUT2D eigenvalue weighted by atomic mass is 10.5. The third-order valence-corrected chi connectivity index (χ3v) is 5.14. The number of nitro groups is 1. The highest BCUT2D eigenvalue weighted by molar-refractivity contribution is 7.91.